The summed E-state index contributed by atoms with van der Waals surface area (Å²) in [5, 5.41) is 0. The van der Waals surface area contributed by atoms with Crippen molar-refractivity contribution in [2.24, 2.45) is 0 Å². The van der Waals surface area contributed by atoms with Crippen molar-refractivity contribution < 1.29 is 4.74 Å². The van der Waals surface area contributed by atoms with Gasteiger partial charge in [-0.2, -0.15) is 0 Å². The molecule has 0 aromatic rings. The Labute approximate surface area is 49.4 Å². The molecule has 1 heterocycles. The molecule has 1 aliphatic rings. The van der Waals surface area contributed by atoms with Crippen LogP contribution >= 0.6 is 0 Å². The lowest BCUT2D eigenvalue weighted by atomic mass is 10.3. The molecule has 1 aliphatic heterocycles. The van der Waals surface area contributed by atoms with Gasteiger partial charge in [0.1, 0.15) is 0 Å². The van der Waals surface area contributed by atoms with E-state index in [0.717, 1.165) is 19.6 Å². The fourth-order valence-corrected chi connectivity index (χ4v) is 0.852. The number of ether oxygens (including phenoxy) is 1. The van der Waals surface area contributed by atoms with Gasteiger partial charge in [-0.05, 0) is 13.5 Å². The molecule has 0 saturated carbocycles. The number of hydrogen-bond acceptors (Lipinski definition) is 3. The largest absolute Gasteiger partial charge is 0.380 e. The molecule has 0 bridgehead atoms. The zero-order valence-corrected chi connectivity index (χ0v) is 5.11. The molecule has 1 fully saturated rings. The molecule has 48 valence electrons. The van der Waals surface area contributed by atoms with Gasteiger partial charge in [0.05, 0.1) is 6.61 Å². The highest BCUT2D eigenvalue weighted by atomic mass is 16.5. The van der Waals surface area contributed by atoms with Gasteiger partial charge in [-0.15, -0.1) is 0 Å². The lowest BCUT2D eigenvalue weighted by Gasteiger charge is -2.06. The van der Waals surface area contributed by atoms with Crippen molar-refractivity contribution in [2.45, 2.75) is 12.5 Å². The van der Waals surface area contributed by atoms with Crippen LogP contribution in [0.25, 0.3) is 0 Å². The normalized spacial score (nSPS) is 28.9. The molecular formula is C5H12N2O. The second kappa shape index (κ2) is 3.02. The molecule has 0 aromatic carbocycles. The minimum absolute atomic E-state index is 0.528. The van der Waals surface area contributed by atoms with Crippen molar-refractivity contribution in [1.29, 1.82) is 0 Å². The molecule has 0 amide bonds. The van der Waals surface area contributed by atoms with Crippen molar-refractivity contribution in [3.63, 3.8) is 0 Å². The van der Waals surface area contributed by atoms with Gasteiger partial charge in [-0.3, -0.25) is 10.9 Å². The third-order valence-electron chi connectivity index (χ3n) is 1.28. The first-order valence-electron chi connectivity index (χ1n) is 2.93. The summed E-state index contributed by atoms with van der Waals surface area (Å²) in [5.41, 5.74) is 5.95. The molecule has 1 saturated heterocycles. The quantitative estimate of drug-likeness (QED) is 0.477. The first kappa shape index (κ1) is 6.01. The Morgan fingerprint density at radius 2 is 2.50 bits per heavy atom. The van der Waals surface area contributed by atoms with Crippen LogP contribution in [0.1, 0.15) is 6.42 Å². The van der Waals surface area contributed by atoms with Crippen molar-refractivity contribution in [1.82, 2.24) is 10.9 Å². The first-order valence-corrected chi connectivity index (χ1v) is 2.93. The summed E-state index contributed by atoms with van der Waals surface area (Å²) >= 11 is 0. The molecule has 0 radical (unpaired) electrons. The standard InChI is InChI=1S/C5H12N2O/c1-6-7-5-2-3-8-4-5/h5-7H,2-4H2,1H3/t5-/m0/s1. The summed E-state index contributed by atoms with van der Waals surface area (Å²) in [6.07, 6.45) is 1.13. The second-order valence-corrected chi connectivity index (χ2v) is 1.95. The Balaban J connectivity index is 2.06. The van der Waals surface area contributed by atoms with Crippen molar-refractivity contribution in [3.05, 3.63) is 0 Å². The van der Waals surface area contributed by atoms with Crippen LogP contribution in [0.4, 0.5) is 0 Å². The lowest BCUT2D eigenvalue weighted by molar-refractivity contribution is 0.188. The Bertz CT molecular complexity index is 61.4. The lowest BCUT2D eigenvalue weighted by Crippen LogP contribution is -2.38. The van der Waals surface area contributed by atoms with Crippen LogP contribution in [0.2, 0.25) is 0 Å². The van der Waals surface area contributed by atoms with Crippen LogP contribution in [0.5, 0.6) is 0 Å². The Morgan fingerprint density at radius 3 is 3.00 bits per heavy atom. The van der Waals surface area contributed by atoms with Crippen molar-refractivity contribution >= 4 is 0 Å². The molecule has 0 aromatic heterocycles. The van der Waals surface area contributed by atoms with Gasteiger partial charge in [-0.25, -0.2) is 0 Å². The van der Waals surface area contributed by atoms with Crippen LogP contribution in [0.3, 0.4) is 0 Å². The van der Waals surface area contributed by atoms with Gasteiger partial charge in [0.25, 0.3) is 0 Å². The van der Waals surface area contributed by atoms with E-state index in [-0.39, 0.29) is 0 Å². The highest BCUT2D eigenvalue weighted by Crippen LogP contribution is 2.00. The number of nitrogens with one attached hydrogen (secondary N) is 2. The molecule has 0 aliphatic carbocycles. The zero-order valence-electron chi connectivity index (χ0n) is 5.11. The monoisotopic (exact) mass is 116 g/mol. The van der Waals surface area contributed by atoms with Gasteiger partial charge in [-0.1, -0.05) is 0 Å². The molecule has 1 rings (SSSR count). The molecule has 3 nitrogen and oxygen atoms in total. The van der Waals surface area contributed by atoms with Gasteiger partial charge < -0.3 is 4.74 Å². The molecule has 0 unspecified atom stereocenters. The van der Waals surface area contributed by atoms with Crippen molar-refractivity contribution in [3.8, 4) is 0 Å². The van der Waals surface area contributed by atoms with Gasteiger partial charge in [0.15, 0.2) is 0 Å². The third kappa shape index (κ3) is 1.43. The van der Waals surface area contributed by atoms with E-state index >= 15 is 0 Å². The highest BCUT2D eigenvalue weighted by Gasteiger charge is 2.12. The summed E-state index contributed by atoms with van der Waals surface area (Å²) < 4.78 is 5.11. The van der Waals surface area contributed by atoms with Gasteiger partial charge in [0.2, 0.25) is 0 Å². The van der Waals surface area contributed by atoms with Crippen LogP contribution in [0, 0.1) is 0 Å². The molecule has 8 heavy (non-hydrogen) atoms. The minimum atomic E-state index is 0.528. The molecule has 2 N–H and O–H groups in total. The highest BCUT2D eigenvalue weighted by molar-refractivity contribution is 4.67. The molecule has 3 heteroatoms. The zero-order chi connectivity index (χ0) is 5.82. The summed E-state index contributed by atoms with van der Waals surface area (Å²) in [6, 6.07) is 0.528. The van der Waals surface area contributed by atoms with Crippen LogP contribution in [-0.4, -0.2) is 26.3 Å². The SMILES string of the molecule is CNN[C@H]1CCOC1. The van der Waals surface area contributed by atoms with Gasteiger partial charge in [0, 0.05) is 12.6 Å². The minimum Gasteiger partial charge on any atom is -0.380 e. The average Bonchev–Trinajstić information content (AvgIpc) is 2.19. The summed E-state index contributed by atoms with van der Waals surface area (Å²) in [4.78, 5) is 0. The van der Waals surface area contributed by atoms with Crippen LogP contribution in [-0.2, 0) is 4.74 Å². The number of rotatable bonds is 2. The maximum Gasteiger partial charge on any atom is 0.0634 e. The first-order chi connectivity index (χ1) is 3.93. The fraction of sp³-hybridized carbons (Fsp3) is 1.00. The number of hydrogen-bond donors (Lipinski definition) is 2. The molecule has 1 atom stereocenters. The topological polar surface area (TPSA) is 33.3 Å². The van der Waals surface area contributed by atoms with E-state index in [0.29, 0.717) is 6.04 Å². The van der Waals surface area contributed by atoms with E-state index in [1.807, 2.05) is 7.05 Å². The summed E-state index contributed by atoms with van der Waals surface area (Å²) in [7, 11) is 1.87. The van der Waals surface area contributed by atoms with E-state index in [4.69, 9.17) is 4.74 Å². The Morgan fingerprint density at radius 1 is 1.62 bits per heavy atom. The van der Waals surface area contributed by atoms with E-state index < -0.39 is 0 Å². The predicted molar refractivity (Wildman–Crippen MR) is 31.4 cm³/mol. The predicted octanol–water partition coefficient (Wildman–Crippen LogP) is -0.501. The molecular weight excluding hydrogens is 104 g/mol. The Hall–Kier alpha value is -0.120. The fourth-order valence-electron chi connectivity index (χ4n) is 0.852. The van der Waals surface area contributed by atoms with Crippen LogP contribution in [0.15, 0.2) is 0 Å². The van der Waals surface area contributed by atoms with E-state index in [1.165, 1.54) is 0 Å². The Kier molecular flexibility index (Phi) is 2.27. The van der Waals surface area contributed by atoms with Crippen molar-refractivity contribution in [2.75, 3.05) is 20.3 Å². The summed E-state index contributed by atoms with van der Waals surface area (Å²) in [5.74, 6) is 0. The van der Waals surface area contributed by atoms with E-state index in [9.17, 15) is 0 Å². The average molecular weight is 116 g/mol. The van der Waals surface area contributed by atoms with E-state index in [1.54, 1.807) is 0 Å². The second-order valence-electron chi connectivity index (χ2n) is 1.95. The number of hydrazine groups is 1. The smallest absolute Gasteiger partial charge is 0.0634 e. The maximum atomic E-state index is 5.11. The van der Waals surface area contributed by atoms with E-state index in [2.05, 4.69) is 10.9 Å². The van der Waals surface area contributed by atoms with Gasteiger partial charge >= 0.3 is 0 Å². The third-order valence-corrected chi connectivity index (χ3v) is 1.28. The maximum absolute atomic E-state index is 5.11. The molecule has 0 spiro atoms. The van der Waals surface area contributed by atoms with Crippen LogP contribution < -0.4 is 10.9 Å². The summed E-state index contributed by atoms with van der Waals surface area (Å²) in [6.45, 7) is 1.75.